The van der Waals surface area contributed by atoms with Crippen molar-refractivity contribution in [2.24, 2.45) is 5.92 Å². The number of benzene rings is 1. The van der Waals surface area contributed by atoms with Crippen molar-refractivity contribution in [2.45, 2.75) is 24.9 Å². The number of hydrogen-bond acceptors (Lipinski definition) is 4. The average Bonchev–Trinajstić information content (AvgIpc) is 2.91. The van der Waals surface area contributed by atoms with Crippen LogP contribution in [0.2, 0.25) is 0 Å². The van der Waals surface area contributed by atoms with Gasteiger partial charge in [0, 0.05) is 23.6 Å². The first kappa shape index (κ1) is 16.3. The molecule has 3 atom stereocenters. The normalized spacial score (nSPS) is 25.8. The Hall–Kier alpha value is -2.60. The maximum absolute atomic E-state index is 12.6. The molecule has 1 aromatic carbocycles. The van der Waals surface area contributed by atoms with Crippen molar-refractivity contribution in [3.8, 4) is 0 Å². The van der Waals surface area contributed by atoms with E-state index in [1.807, 2.05) is 30.3 Å². The van der Waals surface area contributed by atoms with Crippen molar-refractivity contribution in [3.05, 3.63) is 70.2 Å². The van der Waals surface area contributed by atoms with Crippen LogP contribution in [-0.2, 0) is 16.0 Å². The van der Waals surface area contributed by atoms with Crippen molar-refractivity contribution >= 4 is 5.97 Å². The van der Waals surface area contributed by atoms with E-state index in [1.165, 1.54) is 6.08 Å². The third-order valence-electron chi connectivity index (χ3n) is 4.50. The molecule has 2 aromatic rings. The minimum atomic E-state index is -1.35. The molecule has 24 heavy (non-hydrogen) atoms. The van der Waals surface area contributed by atoms with Crippen LogP contribution >= 0.6 is 0 Å². The molecule has 1 aliphatic carbocycles. The van der Waals surface area contributed by atoms with E-state index in [9.17, 15) is 14.7 Å². The van der Waals surface area contributed by atoms with Gasteiger partial charge in [0.2, 0.25) is 0 Å². The number of nitrogens with one attached hydrogen (secondary N) is 2. The van der Waals surface area contributed by atoms with Crippen molar-refractivity contribution in [3.63, 3.8) is 0 Å². The van der Waals surface area contributed by atoms with Crippen molar-refractivity contribution in [1.82, 2.24) is 10.2 Å². The summed E-state index contributed by atoms with van der Waals surface area (Å²) in [7, 11) is 0. The smallest absolute Gasteiger partial charge is 0.313 e. The highest BCUT2D eigenvalue weighted by atomic mass is 16.5. The van der Waals surface area contributed by atoms with E-state index in [4.69, 9.17) is 4.74 Å². The summed E-state index contributed by atoms with van der Waals surface area (Å²) < 4.78 is 5.21. The first-order chi connectivity index (χ1) is 11.5. The first-order valence-corrected chi connectivity index (χ1v) is 7.80. The highest BCUT2D eigenvalue weighted by molar-refractivity contribution is 5.77. The molecule has 0 unspecified atom stereocenters. The van der Waals surface area contributed by atoms with Crippen molar-refractivity contribution < 1.29 is 14.6 Å². The highest BCUT2D eigenvalue weighted by Gasteiger charge is 2.51. The Labute approximate surface area is 139 Å². The second-order valence-electron chi connectivity index (χ2n) is 6.29. The Bertz CT molecular complexity index is 804. The third-order valence-corrected chi connectivity index (χ3v) is 4.50. The molecule has 0 saturated carbocycles. The van der Waals surface area contributed by atoms with Gasteiger partial charge < -0.3 is 14.9 Å². The zero-order valence-electron chi connectivity index (χ0n) is 13.4. The molecule has 1 heterocycles. The van der Waals surface area contributed by atoms with Crippen molar-refractivity contribution in [2.75, 3.05) is 6.61 Å². The molecule has 0 amide bonds. The number of rotatable bonds is 4. The number of carbonyl (C=O) groups excluding carboxylic acids is 1. The summed E-state index contributed by atoms with van der Waals surface area (Å²) in [6.07, 6.45) is 1.64. The van der Waals surface area contributed by atoms with E-state index in [2.05, 4.69) is 16.8 Å². The molecule has 0 bridgehead atoms. The predicted octanol–water partition coefficient (Wildman–Crippen LogP) is 1.49. The summed E-state index contributed by atoms with van der Waals surface area (Å²) in [5, 5.41) is 16.3. The molecule has 0 fully saturated rings. The van der Waals surface area contributed by atoms with Gasteiger partial charge in [0.05, 0.1) is 11.5 Å². The van der Waals surface area contributed by atoms with Gasteiger partial charge >= 0.3 is 5.97 Å². The minimum Gasteiger partial charge on any atom is -0.461 e. The fourth-order valence-corrected chi connectivity index (χ4v) is 3.51. The maximum atomic E-state index is 12.6. The monoisotopic (exact) mass is 328 g/mol. The number of hydrogen-bond donors (Lipinski definition) is 3. The minimum absolute atomic E-state index is 0.0588. The van der Waals surface area contributed by atoms with Crippen LogP contribution in [0.3, 0.4) is 0 Å². The number of ether oxygens (including phenoxy) is 1. The van der Waals surface area contributed by atoms with Gasteiger partial charge in [-0.2, -0.15) is 0 Å². The van der Waals surface area contributed by atoms with Crippen LogP contribution in [-0.4, -0.2) is 33.5 Å². The Morgan fingerprint density at radius 3 is 2.79 bits per heavy atom. The van der Waals surface area contributed by atoms with Crippen LogP contribution in [0.4, 0.5) is 0 Å². The molecule has 0 saturated heterocycles. The van der Waals surface area contributed by atoms with Crippen LogP contribution in [0.25, 0.3) is 0 Å². The lowest BCUT2D eigenvalue weighted by atomic mass is 9.66. The fraction of sp³-hybridized carbons (Fsp3) is 0.333. The Kier molecular flexibility index (Phi) is 4.15. The number of aromatic amines is 2. The topological polar surface area (TPSA) is 95.2 Å². The van der Waals surface area contributed by atoms with Gasteiger partial charge in [-0.05, 0) is 12.5 Å². The van der Waals surface area contributed by atoms with Crippen LogP contribution in [0, 0.1) is 5.92 Å². The van der Waals surface area contributed by atoms with E-state index in [0.29, 0.717) is 11.3 Å². The van der Waals surface area contributed by atoms with E-state index in [0.717, 1.165) is 5.56 Å². The standard InChI is InChI=1S/C18H20N2O4/c1-3-9-24-17(22)15-13(11-7-5-4-6-8-11)14-12(10-18(15,2)23)19-20-16(14)21/h3-8,13,15,23H,1,9-10H2,2H3,(H2,19,20,21)/t13-,15+,18-/m1/s1. The lowest BCUT2D eigenvalue weighted by Crippen LogP contribution is -2.50. The number of carbonyl (C=O) groups is 1. The number of H-pyrrole nitrogens is 2. The van der Waals surface area contributed by atoms with E-state index < -0.39 is 23.4 Å². The molecule has 3 rings (SSSR count). The van der Waals surface area contributed by atoms with Crippen LogP contribution in [0.15, 0.2) is 47.8 Å². The maximum Gasteiger partial charge on any atom is 0.313 e. The summed E-state index contributed by atoms with van der Waals surface area (Å²) in [5.74, 6) is -2.01. The fourth-order valence-electron chi connectivity index (χ4n) is 3.51. The molecule has 1 aromatic heterocycles. The number of fused-ring (bicyclic) bond motifs is 1. The molecule has 0 radical (unpaired) electrons. The summed E-state index contributed by atoms with van der Waals surface area (Å²) in [4.78, 5) is 25.0. The lowest BCUT2D eigenvalue weighted by Gasteiger charge is -2.40. The van der Waals surface area contributed by atoms with Gasteiger partial charge in [0.1, 0.15) is 6.61 Å². The van der Waals surface area contributed by atoms with Gasteiger partial charge in [-0.1, -0.05) is 43.0 Å². The molecule has 0 aliphatic heterocycles. The second-order valence-corrected chi connectivity index (χ2v) is 6.29. The van der Waals surface area contributed by atoms with Gasteiger partial charge in [-0.3, -0.25) is 14.7 Å². The summed E-state index contributed by atoms with van der Waals surface area (Å²) in [5.41, 5.74) is 0.247. The summed E-state index contributed by atoms with van der Waals surface area (Å²) >= 11 is 0. The molecule has 0 spiro atoms. The molecular weight excluding hydrogens is 308 g/mol. The molecule has 6 heteroatoms. The highest BCUT2D eigenvalue weighted by Crippen LogP contribution is 2.44. The van der Waals surface area contributed by atoms with Gasteiger partial charge in [-0.25, -0.2) is 0 Å². The predicted molar refractivity (Wildman–Crippen MR) is 88.7 cm³/mol. The molecular formula is C18H20N2O4. The second kappa shape index (κ2) is 6.13. The van der Waals surface area contributed by atoms with Gasteiger partial charge in [0.25, 0.3) is 5.56 Å². The number of aliphatic hydroxyl groups is 1. The molecule has 126 valence electrons. The third kappa shape index (κ3) is 2.69. The SMILES string of the molecule is C=CCOC(=O)[C@@H]1[C@H](c2ccccc2)c2c([nH][nH]c2=O)C[C@@]1(C)O. The molecule has 6 nitrogen and oxygen atoms in total. The van der Waals surface area contributed by atoms with E-state index >= 15 is 0 Å². The Morgan fingerprint density at radius 2 is 2.12 bits per heavy atom. The Balaban J connectivity index is 2.16. The largest absolute Gasteiger partial charge is 0.461 e. The van der Waals surface area contributed by atoms with Gasteiger partial charge in [0.15, 0.2) is 0 Å². The van der Waals surface area contributed by atoms with Crippen LogP contribution < -0.4 is 5.56 Å². The van der Waals surface area contributed by atoms with Crippen LogP contribution in [0.1, 0.15) is 29.7 Å². The lowest BCUT2D eigenvalue weighted by molar-refractivity contribution is -0.158. The Morgan fingerprint density at radius 1 is 1.42 bits per heavy atom. The summed E-state index contributed by atoms with van der Waals surface area (Å²) in [6.45, 7) is 5.19. The zero-order chi connectivity index (χ0) is 17.3. The molecule has 3 N–H and O–H groups in total. The van der Waals surface area contributed by atoms with Crippen molar-refractivity contribution in [1.29, 1.82) is 0 Å². The number of aromatic nitrogens is 2. The van der Waals surface area contributed by atoms with Gasteiger partial charge in [-0.15, -0.1) is 0 Å². The van der Waals surface area contributed by atoms with Crippen LogP contribution in [0.5, 0.6) is 0 Å². The zero-order valence-corrected chi connectivity index (χ0v) is 13.4. The molecule has 1 aliphatic rings. The number of esters is 1. The summed E-state index contributed by atoms with van der Waals surface area (Å²) in [6, 6.07) is 9.22. The average molecular weight is 328 g/mol. The first-order valence-electron chi connectivity index (χ1n) is 7.80. The van der Waals surface area contributed by atoms with E-state index in [-0.39, 0.29) is 18.6 Å². The quantitative estimate of drug-likeness (QED) is 0.585. The van der Waals surface area contributed by atoms with E-state index in [1.54, 1.807) is 6.92 Å².